The van der Waals surface area contributed by atoms with Crippen molar-refractivity contribution in [3.8, 4) is 11.5 Å². The van der Waals surface area contributed by atoms with E-state index in [4.69, 9.17) is 9.47 Å². The van der Waals surface area contributed by atoms with Crippen LogP contribution in [0.5, 0.6) is 11.5 Å². The third kappa shape index (κ3) is 8.28. The van der Waals surface area contributed by atoms with Gasteiger partial charge in [-0.05, 0) is 37.0 Å². The van der Waals surface area contributed by atoms with Gasteiger partial charge in [-0.1, -0.05) is 46.0 Å². The second kappa shape index (κ2) is 12.6. The highest BCUT2D eigenvalue weighted by Gasteiger charge is 2.15. The minimum Gasteiger partial charge on any atom is -0.497 e. The molecule has 1 aromatic rings. The van der Waals surface area contributed by atoms with Gasteiger partial charge in [-0.2, -0.15) is 0 Å². The fourth-order valence-corrected chi connectivity index (χ4v) is 3.00. The fourth-order valence-electron chi connectivity index (χ4n) is 3.00. The van der Waals surface area contributed by atoms with E-state index in [0.29, 0.717) is 6.54 Å². The molecule has 1 unspecified atom stereocenters. The van der Waals surface area contributed by atoms with Crippen LogP contribution >= 0.6 is 0 Å². The molecule has 4 nitrogen and oxygen atoms in total. The van der Waals surface area contributed by atoms with Gasteiger partial charge in [-0.25, -0.2) is 0 Å². The van der Waals surface area contributed by atoms with Crippen LogP contribution in [0, 0.1) is 5.92 Å². The average molecular weight is 350 g/mol. The molecule has 0 aromatic heterocycles. The second-order valence-electron chi connectivity index (χ2n) is 6.57. The molecule has 1 rings (SSSR count). The largest absolute Gasteiger partial charge is 0.497 e. The Morgan fingerprint density at radius 3 is 2.20 bits per heavy atom. The zero-order valence-corrected chi connectivity index (χ0v) is 16.4. The maximum absolute atomic E-state index is 12.4. The first-order valence-electron chi connectivity index (χ1n) is 9.64. The van der Waals surface area contributed by atoms with E-state index in [0.717, 1.165) is 42.7 Å². The normalized spacial score (nSPS) is 11.8. The van der Waals surface area contributed by atoms with Crippen molar-refractivity contribution < 1.29 is 14.3 Å². The molecule has 4 heteroatoms. The minimum absolute atomic E-state index is 0.140. The van der Waals surface area contributed by atoms with Crippen LogP contribution in [0.15, 0.2) is 18.2 Å². The lowest BCUT2D eigenvalue weighted by atomic mass is 9.97. The molecule has 0 heterocycles. The Morgan fingerprint density at radius 1 is 1.00 bits per heavy atom. The summed E-state index contributed by atoms with van der Waals surface area (Å²) in [6.45, 7) is 4.96. The summed E-state index contributed by atoms with van der Waals surface area (Å²) in [7, 11) is 3.29. The Bertz CT molecular complexity index is 480. The topological polar surface area (TPSA) is 47.6 Å². The van der Waals surface area contributed by atoms with Crippen molar-refractivity contribution in [2.24, 2.45) is 5.92 Å². The number of ether oxygens (including phenoxy) is 2. The lowest BCUT2D eigenvalue weighted by Gasteiger charge is -2.15. The van der Waals surface area contributed by atoms with E-state index in [1.165, 1.54) is 25.7 Å². The maximum atomic E-state index is 12.4. The molecule has 1 atom stereocenters. The maximum Gasteiger partial charge on any atom is 0.223 e. The molecule has 0 fully saturated rings. The molecular formula is C21H35NO3. The van der Waals surface area contributed by atoms with Gasteiger partial charge in [-0.15, -0.1) is 0 Å². The number of nitrogens with one attached hydrogen (secondary N) is 1. The van der Waals surface area contributed by atoms with Crippen LogP contribution in [0.1, 0.15) is 64.4 Å². The number of benzene rings is 1. The summed E-state index contributed by atoms with van der Waals surface area (Å²) < 4.78 is 10.6. The summed E-state index contributed by atoms with van der Waals surface area (Å²) in [6.07, 6.45) is 8.91. The highest BCUT2D eigenvalue weighted by atomic mass is 16.5. The Labute approximate surface area is 153 Å². The van der Waals surface area contributed by atoms with Gasteiger partial charge in [0.05, 0.1) is 14.2 Å². The molecule has 0 saturated heterocycles. The smallest absolute Gasteiger partial charge is 0.223 e. The van der Waals surface area contributed by atoms with Gasteiger partial charge in [0, 0.05) is 18.5 Å². The number of amides is 1. The minimum atomic E-state index is 0.140. The number of carbonyl (C=O) groups excluding carboxylic acids is 1. The van der Waals surface area contributed by atoms with E-state index >= 15 is 0 Å². The average Bonchev–Trinajstić information content (AvgIpc) is 2.64. The first kappa shape index (κ1) is 21.3. The number of hydrogen-bond donors (Lipinski definition) is 1. The van der Waals surface area contributed by atoms with Crippen LogP contribution in [0.3, 0.4) is 0 Å². The Balaban J connectivity index is 2.39. The van der Waals surface area contributed by atoms with Gasteiger partial charge in [0.2, 0.25) is 5.91 Å². The summed E-state index contributed by atoms with van der Waals surface area (Å²) in [6, 6.07) is 5.83. The Kier molecular flexibility index (Phi) is 10.8. The zero-order valence-electron chi connectivity index (χ0n) is 16.4. The fraction of sp³-hybridized carbons (Fsp3) is 0.667. The molecule has 0 aliphatic heterocycles. The second-order valence-corrected chi connectivity index (χ2v) is 6.57. The molecule has 0 saturated carbocycles. The summed E-state index contributed by atoms with van der Waals surface area (Å²) >= 11 is 0. The lowest BCUT2D eigenvalue weighted by molar-refractivity contribution is -0.125. The third-order valence-electron chi connectivity index (χ3n) is 4.64. The van der Waals surface area contributed by atoms with E-state index < -0.39 is 0 Å². The SMILES string of the molecule is CCCCCCCC(CC)C(=O)NCCc1cc(OC)cc(OC)c1. The predicted molar refractivity (Wildman–Crippen MR) is 103 cm³/mol. The van der Waals surface area contributed by atoms with E-state index in [1.54, 1.807) is 14.2 Å². The standard InChI is InChI=1S/C21H35NO3/c1-5-7-8-9-10-11-18(6-2)21(23)22-13-12-17-14-19(24-3)16-20(15-17)25-4/h14-16,18H,5-13H2,1-4H3,(H,22,23). The van der Waals surface area contributed by atoms with Crippen molar-refractivity contribution in [1.29, 1.82) is 0 Å². The van der Waals surface area contributed by atoms with Crippen LogP contribution in [0.4, 0.5) is 0 Å². The molecule has 0 aliphatic rings. The first-order valence-corrected chi connectivity index (χ1v) is 9.64. The number of carbonyl (C=O) groups is 1. The van der Waals surface area contributed by atoms with Crippen molar-refractivity contribution >= 4 is 5.91 Å². The number of unbranched alkanes of at least 4 members (excludes halogenated alkanes) is 4. The lowest BCUT2D eigenvalue weighted by Crippen LogP contribution is -2.32. The molecule has 0 radical (unpaired) electrons. The summed E-state index contributed by atoms with van der Waals surface area (Å²) in [5.41, 5.74) is 1.10. The number of rotatable bonds is 13. The number of methoxy groups -OCH3 is 2. The van der Waals surface area contributed by atoms with Crippen LogP contribution in [0.25, 0.3) is 0 Å². The van der Waals surface area contributed by atoms with Crippen LogP contribution in [0.2, 0.25) is 0 Å². The van der Waals surface area contributed by atoms with E-state index in [-0.39, 0.29) is 11.8 Å². The quantitative estimate of drug-likeness (QED) is 0.523. The van der Waals surface area contributed by atoms with Gasteiger partial charge in [-0.3, -0.25) is 4.79 Å². The first-order chi connectivity index (χ1) is 12.1. The van der Waals surface area contributed by atoms with Crippen LogP contribution in [-0.4, -0.2) is 26.7 Å². The molecule has 1 N–H and O–H groups in total. The van der Waals surface area contributed by atoms with Gasteiger partial charge >= 0.3 is 0 Å². The van der Waals surface area contributed by atoms with Gasteiger partial charge < -0.3 is 14.8 Å². The monoisotopic (exact) mass is 349 g/mol. The predicted octanol–water partition coefficient (Wildman–Crippen LogP) is 4.75. The van der Waals surface area contributed by atoms with E-state index in [1.807, 2.05) is 18.2 Å². The van der Waals surface area contributed by atoms with Gasteiger partial charge in [0.15, 0.2) is 0 Å². The molecule has 1 amide bonds. The Morgan fingerprint density at radius 2 is 1.64 bits per heavy atom. The van der Waals surface area contributed by atoms with Crippen LogP contribution in [-0.2, 0) is 11.2 Å². The zero-order chi connectivity index (χ0) is 18.5. The summed E-state index contributed by atoms with van der Waals surface area (Å²) in [4.78, 5) is 12.4. The van der Waals surface area contributed by atoms with Crippen LogP contribution < -0.4 is 14.8 Å². The molecule has 0 bridgehead atoms. The molecule has 0 spiro atoms. The highest BCUT2D eigenvalue weighted by Crippen LogP contribution is 2.22. The summed E-state index contributed by atoms with van der Waals surface area (Å²) in [5, 5.41) is 3.09. The van der Waals surface area contributed by atoms with Crippen molar-refractivity contribution in [2.45, 2.75) is 65.2 Å². The van der Waals surface area contributed by atoms with Gasteiger partial charge in [0.25, 0.3) is 0 Å². The van der Waals surface area contributed by atoms with Crippen molar-refractivity contribution in [3.63, 3.8) is 0 Å². The van der Waals surface area contributed by atoms with Crippen molar-refractivity contribution in [1.82, 2.24) is 5.32 Å². The molecule has 25 heavy (non-hydrogen) atoms. The van der Waals surface area contributed by atoms with Gasteiger partial charge in [0.1, 0.15) is 11.5 Å². The number of hydrogen-bond acceptors (Lipinski definition) is 3. The van der Waals surface area contributed by atoms with E-state index in [2.05, 4.69) is 19.2 Å². The van der Waals surface area contributed by atoms with E-state index in [9.17, 15) is 4.79 Å². The summed E-state index contributed by atoms with van der Waals surface area (Å²) in [5.74, 6) is 1.88. The third-order valence-corrected chi connectivity index (χ3v) is 4.64. The molecule has 0 aliphatic carbocycles. The Hall–Kier alpha value is -1.71. The molecule has 142 valence electrons. The van der Waals surface area contributed by atoms with Crippen molar-refractivity contribution in [2.75, 3.05) is 20.8 Å². The van der Waals surface area contributed by atoms with Crippen molar-refractivity contribution in [3.05, 3.63) is 23.8 Å². The molecule has 1 aromatic carbocycles. The molecular weight excluding hydrogens is 314 g/mol. The highest BCUT2D eigenvalue weighted by molar-refractivity contribution is 5.78.